The number of rotatable bonds is 8. The summed E-state index contributed by atoms with van der Waals surface area (Å²) in [6, 6.07) is 7.67. The average molecular weight is 283 g/mol. The van der Waals surface area contributed by atoms with Crippen molar-refractivity contribution >= 4 is 23.6 Å². The van der Waals surface area contributed by atoms with E-state index in [9.17, 15) is 9.59 Å². The maximum Gasteiger partial charge on any atom is 0.313 e. The number of aliphatic carboxylic acids is 1. The Morgan fingerprint density at radius 1 is 1.37 bits per heavy atom. The van der Waals surface area contributed by atoms with Crippen LogP contribution in [-0.4, -0.2) is 41.6 Å². The van der Waals surface area contributed by atoms with Crippen molar-refractivity contribution in [3.63, 3.8) is 0 Å². The van der Waals surface area contributed by atoms with Crippen LogP contribution in [0, 0.1) is 6.92 Å². The number of carboxylic acids is 1. The molecule has 0 heterocycles. The Morgan fingerprint density at radius 3 is 2.84 bits per heavy atom. The third-order valence-corrected chi connectivity index (χ3v) is 3.06. The minimum absolute atomic E-state index is 0.0623. The topological polar surface area (TPSA) is 75.6 Å². The second-order valence-electron chi connectivity index (χ2n) is 3.90. The molecule has 0 aromatic heterocycles. The number of hydrogen-bond donors (Lipinski definition) is 2. The molecule has 0 saturated carbocycles. The zero-order valence-electron chi connectivity index (χ0n) is 10.7. The molecule has 0 saturated heterocycles. The summed E-state index contributed by atoms with van der Waals surface area (Å²) in [6.45, 7) is 2.77. The van der Waals surface area contributed by atoms with Crippen molar-refractivity contribution in [2.24, 2.45) is 0 Å². The number of nitrogens with one attached hydrogen (secondary N) is 1. The van der Waals surface area contributed by atoms with Gasteiger partial charge in [0, 0.05) is 0 Å². The summed E-state index contributed by atoms with van der Waals surface area (Å²) >= 11 is 1.07. The highest BCUT2D eigenvalue weighted by Gasteiger charge is 2.03. The van der Waals surface area contributed by atoms with Gasteiger partial charge in [-0.1, -0.05) is 12.1 Å². The Labute approximate surface area is 116 Å². The summed E-state index contributed by atoms with van der Waals surface area (Å²) in [5.41, 5.74) is 1.12. The van der Waals surface area contributed by atoms with E-state index in [0.717, 1.165) is 23.1 Å². The van der Waals surface area contributed by atoms with Crippen molar-refractivity contribution in [1.82, 2.24) is 5.32 Å². The van der Waals surface area contributed by atoms with Gasteiger partial charge in [-0.2, -0.15) is 0 Å². The van der Waals surface area contributed by atoms with Gasteiger partial charge < -0.3 is 15.2 Å². The molecular weight excluding hydrogens is 266 g/mol. The number of carboxylic acid groups (broad SMARTS) is 1. The van der Waals surface area contributed by atoms with Gasteiger partial charge in [-0.3, -0.25) is 9.59 Å². The number of benzene rings is 1. The van der Waals surface area contributed by atoms with Crippen LogP contribution in [0.3, 0.4) is 0 Å². The molecule has 1 rings (SSSR count). The van der Waals surface area contributed by atoms with Crippen LogP contribution in [0.5, 0.6) is 5.75 Å². The Morgan fingerprint density at radius 2 is 2.16 bits per heavy atom. The number of amides is 1. The zero-order valence-corrected chi connectivity index (χ0v) is 11.5. The fourth-order valence-corrected chi connectivity index (χ4v) is 1.91. The van der Waals surface area contributed by atoms with Gasteiger partial charge in [0.1, 0.15) is 12.4 Å². The molecule has 0 aliphatic heterocycles. The lowest BCUT2D eigenvalue weighted by Crippen LogP contribution is -2.29. The Hall–Kier alpha value is -1.69. The third kappa shape index (κ3) is 7.35. The standard InChI is InChI=1S/C13H17NO4S/c1-10-3-2-4-11(7-10)18-6-5-14-12(15)8-19-9-13(16)17/h2-4,7H,5-6,8-9H2,1H3,(H,14,15)(H,16,17). The maximum atomic E-state index is 11.3. The second-order valence-corrected chi connectivity index (χ2v) is 4.89. The summed E-state index contributed by atoms with van der Waals surface area (Å²) in [6.07, 6.45) is 0. The molecule has 0 bridgehead atoms. The number of ether oxygens (including phenoxy) is 1. The van der Waals surface area contributed by atoms with E-state index < -0.39 is 5.97 Å². The third-order valence-electron chi connectivity index (χ3n) is 2.14. The van der Waals surface area contributed by atoms with Gasteiger partial charge in [0.05, 0.1) is 18.1 Å². The van der Waals surface area contributed by atoms with E-state index in [1.54, 1.807) is 0 Å². The highest BCUT2D eigenvalue weighted by atomic mass is 32.2. The molecule has 0 aliphatic carbocycles. The number of carbonyl (C=O) groups excluding carboxylic acids is 1. The Balaban J connectivity index is 2.10. The smallest absolute Gasteiger partial charge is 0.313 e. The summed E-state index contributed by atoms with van der Waals surface area (Å²) in [7, 11) is 0. The monoisotopic (exact) mass is 283 g/mol. The Bertz CT molecular complexity index is 436. The van der Waals surface area contributed by atoms with Gasteiger partial charge in [0.2, 0.25) is 5.91 Å². The molecule has 1 aromatic rings. The lowest BCUT2D eigenvalue weighted by molar-refractivity contribution is -0.133. The van der Waals surface area contributed by atoms with E-state index >= 15 is 0 Å². The molecule has 0 unspecified atom stereocenters. The van der Waals surface area contributed by atoms with Gasteiger partial charge in [-0.25, -0.2) is 0 Å². The molecule has 104 valence electrons. The van der Waals surface area contributed by atoms with Crippen LogP contribution < -0.4 is 10.1 Å². The van der Waals surface area contributed by atoms with Gasteiger partial charge in [0.25, 0.3) is 0 Å². The fourth-order valence-electron chi connectivity index (χ4n) is 1.35. The number of aryl methyl sites for hydroxylation is 1. The lowest BCUT2D eigenvalue weighted by atomic mass is 10.2. The first-order chi connectivity index (χ1) is 9.08. The van der Waals surface area contributed by atoms with Crippen molar-refractivity contribution in [2.45, 2.75) is 6.92 Å². The van der Waals surface area contributed by atoms with E-state index in [1.807, 2.05) is 31.2 Å². The van der Waals surface area contributed by atoms with Crippen LogP contribution in [0.4, 0.5) is 0 Å². The minimum Gasteiger partial charge on any atom is -0.492 e. The van der Waals surface area contributed by atoms with Crippen molar-refractivity contribution in [1.29, 1.82) is 0 Å². The molecule has 2 N–H and O–H groups in total. The van der Waals surface area contributed by atoms with E-state index in [0.29, 0.717) is 13.2 Å². The summed E-state index contributed by atoms with van der Waals surface area (Å²) in [4.78, 5) is 21.6. The van der Waals surface area contributed by atoms with Crippen LogP contribution in [0.2, 0.25) is 0 Å². The molecule has 1 aromatic carbocycles. The first-order valence-corrected chi connectivity index (χ1v) is 6.99. The van der Waals surface area contributed by atoms with E-state index in [4.69, 9.17) is 9.84 Å². The minimum atomic E-state index is -0.916. The molecule has 0 fully saturated rings. The quantitative estimate of drug-likeness (QED) is 0.704. The average Bonchev–Trinajstić information content (AvgIpc) is 2.34. The molecule has 19 heavy (non-hydrogen) atoms. The Kier molecular flexibility index (Phi) is 6.81. The molecule has 6 heteroatoms. The highest BCUT2D eigenvalue weighted by Crippen LogP contribution is 2.11. The highest BCUT2D eigenvalue weighted by molar-refractivity contribution is 8.00. The van der Waals surface area contributed by atoms with E-state index in [-0.39, 0.29) is 17.4 Å². The predicted molar refractivity (Wildman–Crippen MR) is 74.6 cm³/mol. The molecule has 0 radical (unpaired) electrons. The largest absolute Gasteiger partial charge is 0.492 e. The van der Waals surface area contributed by atoms with Gasteiger partial charge in [-0.15, -0.1) is 11.8 Å². The van der Waals surface area contributed by atoms with E-state index in [2.05, 4.69) is 5.32 Å². The van der Waals surface area contributed by atoms with E-state index in [1.165, 1.54) is 0 Å². The number of carbonyl (C=O) groups is 2. The van der Waals surface area contributed by atoms with Crippen molar-refractivity contribution in [3.05, 3.63) is 29.8 Å². The zero-order chi connectivity index (χ0) is 14.1. The van der Waals surface area contributed by atoms with Crippen LogP contribution in [0.1, 0.15) is 5.56 Å². The van der Waals surface area contributed by atoms with Gasteiger partial charge >= 0.3 is 5.97 Å². The normalized spacial score (nSPS) is 9.95. The molecule has 0 spiro atoms. The fraction of sp³-hybridized carbons (Fsp3) is 0.385. The maximum absolute atomic E-state index is 11.3. The van der Waals surface area contributed by atoms with Crippen molar-refractivity contribution < 1.29 is 19.4 Å². The first-order valence-electron chi connectivity index (χ1n) is 5.83. The van der Waals surface area contributed by atoms with Crippen molar-refractivity contribution in [2.75, 3.05) is 24.7 Å². The number of hydrogen-bond acceptors (Lipinski definition) is 4. The molecular formula is C13H17NO4S. The summed E-state index contributed by atoms with van der Waals surface area (Å²) in [5.74, 6) is -0.238. The SMILES string of the molecule is Cc1cccc(OCCNC(=O)CSCC(=O)O)c1. The second kappa shape index (κ2) is 8.42. The van der Waals surface area contributed by atoms with Crippen LogP contribution in [0.25, 0.3) is 0 Å². The van der Waals surface area contributed by atoms with Gasteiger partial charge in [0.15, 0.2) is 0 Å². The molecule has 1 amide bonds. The molecule has 5 nitrogen and oxygen atoms in total. The van der Waals surface area contributed by atoms with Crippen LogP contribution in [-0.2, 0) is 9.59 Å². The van der Waals surface area contributed by atoms with Crippen LogP contribution >= 0.6 is 11.8 Å². The van der Waals surface area contributed by atoms with Gasteiger partial charge in [-0.05, 0) is 24.6 Å². The number of thioether (sulfide) groups is 1. The van der Waals surface area contributed by atoms with Crippen LogP contribution in [0.15, 0.2) is 24.3 Å². The van der Waals surface area contributed by atoms with Crippen molar-refractivity contribution in [3.8, 4) is 5.75 Å². The lowest BCUT2D eigenvalue weighted by Gasteiger charge is -2.08. The molecule has 0 aliphatic rings. The molecule has 0 atom stereocenters. The first kappa shape index (κ1) is 15.4. The summed E-state index contributed by atoms with van der Waals surface area (Å²) in [5, 5.41) is 11.1. The predicted octanol–water partition coefficient (Wildman–Crippen LogP) is 1.31. The summed E-state index contributed by atoms with van der Waals surface area (Å²) < 4.78 is 5.46.